The quantitative estimate of drug-likeness (QED) is 0.0983. The zero-order chi connectivity index (χ0) is 28.9. The fourth-order valence-corrected chi connectivity index (χ4v) is 6.94. The number of hydrogen-bond acceptors (Lipinski definition) is 0. The standard InChI is InChI=1S/C40H44N/c1-5-21-37(33-25-13-9-14-26-33)41(38(22-6-2)34-27-15-10-16-28-34,39(23-7-3)35-29-17-11-18-30-35)40(24-8-4)36-31-19-12-20-32-36/h5-20,25-32,37-40H,1-4,21-24H2/q+1. The first-order valence-corrected chi connectivity index (χ1v) is 14.7. The smallest absolute Gasteiger partial charge is 0.120 e. The molecular formula is C40H44N+. The van der Waals surface area contributed by atoms with Crippen LogP contribution in [0, 0.1) is 0 Å². The maximum absolute atomic E-state index is 4.30. The Morgan fingerprint density at radius 1 is 0.366 bits per heavy atom. The Morgan fingerprint density at radius 2 is 0.561 bits per heavy atom. The lowest BCUT2D eigenvalue weighted by molar-refractivity contribution is -1.04. The number of nitrogens with zero attached hydrogens (tertiary/aromatic N) is 1. The van der Waals surface area contributed by atoms with Gasteiger partial charge in [0, 0.05) is 47.9 Å². The minimum Gasteiger partial charge on any atom is -0.298 e. The van der Waals surface area contributed by atoms with Crippen LogP contribution in [0.2, 0.25) is 0 Å². The number of hydrogen-bond donors (Lipinski definition) is 0. The topological polar surface area (TPSA) is 0 Å². The van der Waals surface area contributed by atoms with Crippen molar-refractivity contribution in [2.45, 2.75) is 49.9 Å². The third-order valence-electron chi connectivity index (χ3n) is 8.46. The molecular weight excluding hydrogens is 494 g/mol. The van der Waals surface area contributed by atoms with E-state index in [0.717, 1.165) is 30.2 Å². The average Bonchev–Trinajstić information content (AvgIpc) is 3.04. The second-order valence-corrected chi connectivity index (χ2v) is 10.7. The van der Waals surface area contributed by atoms with E-state index in [-0.39, 0.29) is 24.2 Å². The molecule has 41 heavy (non-hydrogen) atoms. The minimum atomic E-state index is 0.106. The molecule has 0 radical (unpaired) electrons. The predicted octanol–water partition coefficient (Wildman–Crippen LogP) is 11.1. The van der Waals surface area contributed by atoms with Crippen molar-refractivity contribution < 1.29 is 4.48 Å². The van der Waals surface area contributed by atoms with E-state index in [9.17, 15) is 0 Å². The summed E-state index contributed by atoms with van der Waals surface area (Å²) in [5, 5.41) is 0. The molecule has 208 valence electrons. The van der Waals surface area contributed by atoms with Gasteiger partial charge in [0.2, 0.25) is 0 Å². The van der Waals surface area contributed by atoms with E-state index in [1.807, 2.05) is 0 Å². The molecule has 4 rings (SSSR count). The third-order valence-corrected chi connectivity index (χ3v) is 8.46. The molecule has 0 heterocycles. The van der Waals surface area contributed by atoms with Crippen molar-refractivity contribution in [1.29, 1.82) is 0 Å². The second-order valence-electron chi connectivity index (χ2n) is 10.7. The molecule has 0 amide bonds. The third kappa shape index (κ3) is 6.42. The van der Waals surface area contributed by atoms with Gasteiger partial charge in [-0.1, -0.05) is 146 Å². The molecule has 0 bridgehead atoms. The van der Waals surface area contributed by atoms with Crippen LogP contribution in [-0.2, 0) is 0 Å². The van der Waals surface area contributed by atoms with E-state index in [1.54, 1.807) is 0 Å². The van der Waals surface area contributed by atoms with Crippen LogP contribution >= 0.6 is 0 Å². The van der Waals surface area contributed by atoms with Crippen LogP contribution in [0.3, 0.4) is 0 Å². The Morgan fingerprint density at radius 3 is 0.732 bits per heavy atom. The zero-order valence-corrected chi connectivity index (χ0v) is 24.3. The fraction of sp³-hybridized carbons (Fsp3) is 0.200. The molecule has 0 saturated heterocycles. The molecule has 1 nitrogen and oxygen atoms in total. The highest BCUT2D eigenvalue weighted by atomic mass is 15.5. The molecule has 0 aliphatic carbocycles. The van der Waals surface area contributed by atoms with Gasteiger partial charge in [0.1, 0.15) is 24.2 Å². The highest BCUT2D eigenvalue weighted by molar-refractivity contribution is 5.27. The van der Waals surface area contributed by atoms with Gasteiger partial charge >= 0.3 is 0 Å². The molecule has 1 heteroatoms. The van der Waals surface area contributed by atoms with Crippen molar-refractivity contribution >= 4 is 0 Å². The van der Waals surface area contributed by atoms with E-state index in [1.165, 1.54) is 22.3 Å². The van der Waals surface area contributed by atoms with Gasteiger partial charge in [0.15, 0.2) is 0 Å². The van der Waals surface area contributed by atoms with Crippen LogP contribution in [0.4, 0.5) is 0 Å². The summed E-state index contributed by atoms with van der Waals surface area (Å²) in [4.78, 5) is 0. The van der Waals surface area contributed by atoms with Gasteiger partial charge in [-0.25, -0.2) is 0 Å². The molecule has 0 saturated carbocycles. The predicted molar refractivity (Wildman–Crippen MR) is 176 cm³/mol. The van der Waals surface area contributed by atoms with Gasteiger partial charge in [0.25, 0.3) is 0 Å². The van der Waals surface area contributed by atoms with Crippen molar-refractivity contribution in [2.75, 3.05) is 0 Å². The molecule has 0 fully saturated rings. The number of quaternary nitrogens is 1. The van der Waals surface area contributed by atoms with Gasteiger partial charge in [-0.05, 0) is 0 Å². The Labute approximate surface area is 248 Å². The van der Waals surface area contributed by atoms with Gasteiger partial charge in [-0.2, -0.15) is 0 Å². The maximum atomic E-state index is 4.30. The molecule has 4 aromatic rings. The molecule has 0 aliphatic heterocycles. The van der Waals surface area contributed by atoms with Crippen LogP contribution in [-0.4, -0.2) is 4.48 Å². The molecule has 0 spiro atoms. The summed E-state index contributed by atoms with van der Waals surface area (Å²) in [6, 6.07) is 44.6. The summed E-state index contributed by atoms with van der Waals surface area (Å²) in [7, 11) is 0. The molecule has 0 aliphatic rings. The monoisotopic (exact) mass is 538 g/mol. The molecule has 0 N–H and O–H groups in total. The van der Waals surface area contributed by atoms with Crippen LogP contribution in [0.25, 0.3) is 0 Å². The first-order chi connectivity index (χ1) is 20.2. The summed E-state index contributed by atoms with van der Waals surface area (Å²) in [5.74, 6) is 0. The van der Waals surface area contributed by atoms with Gasteiger partial charge < -0.3 is 0 Å². The van der Waals surface area contributed by atoms with Crippen LogP contribution in [0.5, 0.6) is 0 Å². The fourth-order valence-electron chi connectivity index (χ4n) is 6.94. The van der Waals surface area contributed by atoms with Crippen molar-refractivity contribution in [2.24, 2.45) is 0 Å². The van der Waals surface area contributed by atoms with Crippen LogP contribution in [0.15, 0.2) is 172 Å². The van der Waals surface area contributed by atoms with E-state index in [4.69, 9.17) is 0 Å². The van der Waals surface area contributed by atoms with Crippen molar-refractivity contribution in [3.8, 4) is 0 Å². The van der Waals surface area contributed by atoms with Crippen molar-refractivity contribution in [3.05, 3.63) is 194 Å². The summed E-state index contributed by atoms with van der Waals surface area (Å²) in [6.07, 6.45) is 11.7. The zero-order valence-electron chi connectivity index (χ0n) is 24.3. The highest BCUT2D eigenvalue weighted by Gasteiger charge is 2.55. The molecule has 0 aromatic heterocycles. The van der Waals surface area contributed by atoms with E-state index < -0.39 is 0 Å². The van der Waals surface area contributed by atoms with E-state index in [0.29, 0.717) is 0 Å². The Balaban J connectivity index is 2.23. The molecule has 4 unspecified atom stereocenters. The lowest BCUT2D eigenvalue weighted by atomic mass is 9.80. The highest BCUT2D eigenvalue weighted by Crippen LogP contribution is 2.58. The Kier molecular flexibility index (Phi) is 10.9. The first kappa shape index (κ1) is 29.8. The summed E-state index contributed by atoms with van der Waals surface area (Å²) >= 11 is 0. The van der Waals surface area contributed by atoms with Gasteiger partial charge in [0.05, 0.1) is 0 Å². The normalized spacial score (nSPS) is 15.4. The minimum absolute atomic E-state index is 0.106. The summed E-state index contributed by atoms with van der Waals surface area (Å²) < 4.78 is 0.762. The molecule has 4 aromatic carbocycles. The van der Waals surface area contributed by atoms with E-state index >= 15 is 0 Å². The van der Waals surface area contributed by atoms with E-state index in [2.05, 4.69) is 172 Å². The maximum Gasteiger partial charge on any atom is 0.120 e. The lowest BCUT2D eigenvalue weighted by Gasteiger charge is -2.59. The first-order valence-electron chi connectivity index (χ1n) is 14.7. The van der Waals surface area contributed by atoms with Crippen LogP contribution < -0.4 is 0 Å². The SMILES string of the molecule is C=CCC(c1ccccc1)[N+](C(CC=C)c1ccccc1)(C(CC=C)c1ccccc1)C(CC=C)c1ccccc1. The number of benzene rings is 4. The molecule has 4 atom stereocenters. The Bertz CT molecular complexity index is 1140. The van der Waals surface area contributed by atoms with Crippen molar-refractivity contribution in [3.63, 3.8) is 0 Å². The Hall–Kier alpha value is -4.20. The largest absolute Gasteiger partial charge is 0.298 e. The van der Waals surface area contributed by atoms with Gasteiger partial charge in [-0.3, -0.25) is 4.48 Å². The second kappa shape index (κ2) is 15.0. The average molecular weight is 539 g/mol. The van der Waals surface area contributed by atoms with Gasteiger partial charge in [-0.15, -0.1) is 26.3 Å². The lowest BCUT2D eigenvalue weighted by Crippen LogP contribution is -2.57. The summed E-state index contributed by atoms with van der Waals surface area (Å²) in [5.41, 5.74) is 5.25. The van der Waals surface area contributed by atoms with Crippen LogP contribution in [0.1, 0.15) is 72.1 Å². The summed E-state index contributed by atoms with van der Waals surface area (Å²) in [6.45, 7) is 17.2. The number of rotatable bonds is 16. The van der Waals surface area contributed by atoms with Crippen molar-refractivity contribution in [1.82, 2.24) is 0 Å².